The summed E-state index contributed by atoms with van der Waals surface area (Å²) in [7, 11) is 0. The zero-order chi connectivity index (χ0) is 14.7. The number of aliphatic carboxylic acids is 1. The van der Waals surface area contributed by atoms with Gasteiger partial charge in [-0.3, -0.25) is 9.59 Å². The number of rotatable bonds is 5. The highest BCUT2D eigenvalue weighted by atomic mass is 16.6. The second kappa shape index (κ2) is 5.90. The summed E-state index contributed by atoms with van der Waals surface area (Å²) in [5, 5.41) is 9.43. The lowest BCUT2D eigenvalue weighted by Crippen LogP contribution is -2.38. The van der Waals surface area contributed by atoms with Gasteiger partial charge in [0.25, 0.3) is 0 Å². The van der Waals surface area contributed by atoms with Crippen molar-refractivity contribution >= 4 is 11.9 Å². The predicted octanol–water partition coefficient (Wildman–Crippen LogP) is 1.94. The third kappa shape index (κ3) is 4.20. The molecule has 19 heavy (non-hydrogen) atoms. The summed E-state index contributed by atoms with van der Waals surface area (Å²) < 4.78 is 5.31. The highest BCUT2D eigenvalue weighted by Crippen LogP contribution is 2.43. The molecule has 5 heteroatoms. The first-order valence-electron chi connectivity index (χ1n) is 6.86. The van der Waals surface area contributed by atoms with Gasteiger partial charge in [0.2, 0.25) is 0 Å². The van der Waals surface area contributed by atoms with Crippen molar-refractivity contribution in [1.82, 2.24) is 0 Å². The van der Waals surface area contributed by atoms with Crippen molar-refractivity contribution < 1.29 is 19.4 Å². The van der Waals surface area contributed by atoms with Crippen LogP contribution < -0.4 is 5.73 Å². The van der Waals surface area contributed by atoms with E-state index >= 15 is 0 Å². The van der Waals surface area contributed by atoms with E-state index in [1.165, 1.54) is 0 Å². The Balaban J connectivity index is 2.75. The first kappa shape index (κ1) is 16.0. The van der Waals surface area contributed by atoms with E-state index < -0.39 is 22.9 Å². The van der Waals surface area contributed by atoms with Crippen molar-refractivity contribution in [3.63, 3.8) is 0 Å². The molecule has 1 aliphatic carbocycles. The maximum Gasteiger partial charge on any atom is 0.310 e. The molecule has 1 atom stereocenters. The van der Waals surface area contributed by atoms with Gasteiger partial charge in [0.1, 0.15) is 5.60 Å². The van der Waals surface area contributed by atoms with Crippen LogP contribution in [0.3, 0.4) is 0 Å². The van der Waals surface area contributed by atoms with E-state index in [0.29, 0.717) is 12.8 Å². The normalized spacial score (nSPS) is 20.0. The zero-order valence-electron chi connectivity index (χ0n) is 12.1. The molecule has 1 aliphatic rings. The fraction of sp³-hybridized carbons (Fsp3) is 0.857. The maximum absolute atomic E-state index is 12.0. The molecule has 0 aromatic carbocycles. The first-order chi connectivity index (χ1) is 8.70. The number of esters is 1. The summed E-state index contributed by atoms with van der Waals surface area (Å²) in [6.45, 7) is 5.51. The Kier molecular flexibility index (Phi) is 4.96. The fourth-order valence-electron chi connectivity index (χ4n) is 2.68. The molecule has 0 heterocycles. The Morgan fingerprint density at radius 1 is 1.32 bits per heavy atom. The van der Waals surface area contributed by atoms with Crippen LogP contribution in [-0.4, -0.2) is 29.2 Å². The summed E-state index contributed by atoms with van der Waals surface area (Å²) in [6, 6.07) is 0. The van der Waals surface area contributed by atoms with Crippen molar-refractivity contribution in [2.75, 3.05) is 6.54 Å². The van der Waals surface area contributed by atoms with Gasteiger partial charge in [0.15, 0.2) is 0 Å². The maximum atomic E-state index is 12.0. The highest BCUT2D eigenvalue weighted by Gasteiger charge is 2.44. The molecule has 1 saturated carbocycles. The molecule has 0 aromatic rings. The van der Waals surface area contributed by atoms with Crippen LogP contribution in [0.4, 0.5) is 0 Å². The molecule has 0 bridgehead atoms. The van der Waals surface area contributed by atoms with Crippen LogP contribution in [0.25, 0.3) is 0 Å². The first-order valence-corrected chi connectivity index (χ1v) is 6.86. The van der Waals surface area contributed by atoms with Crippen molar-refractivity contribution in [3.8, 4) is 0 Å². The second-order valence-electron chi connectivity index (χ2n) is 6.46. The van der Waals surface area contributed by atoms with E-state index in [4.69, 9.17) is 10.5 Å². The number of nitrogens with two attached hydrogens (primary N) is 1. The third-order valence-corrected chi connectivity index (χ3v) is 3.68. The van der Waals surface area contributed by atoms with Gasteiger partial charge in [-0.25, -0.2) is 0 Å². The fourth-order valence-corrected chi connectivity index (χ4v) is 2.68. The summed E-state index contributed by atoms with van der Waals surface area (Å²) in [4.78, 5) is 23.5. The molecule has 1 rings (SSSR count). The molecular formula is C14H25NO4. The summed E-state index contributed by atoms with van der Waals surface area (Å²) in [5.41, 5.74) is 4.27. The van der Waals surface area contributed by atoms with E-state index in [1.807, 2.05) is 0 Å². The Hall–Kier alpha value is -1.10. The molecular weight excluding hydrogens is 246 g/mol. The smallest absolute Gasteiger partial charge is 0.310 e. The minimum atomic E-state index is -0.813. The lowest BCUT2D eigenvalue weighted by molar-refractivity contribution is -0.162. The Morgan fingerprint density at radius 3 is 2.21 bits per heavy atom. The van der Waals surface area contributed by atoms with E-state index in [1.54, 1.807) is 20.8 Å². The molecule has 3 N–H and O–H groups in total. The largest absolute Gasteiger partial charge is 0.481 e. The SMILES string of the molecule is CC(C)(C)OC(=O)C(CN)CC1(C(=O)O)CCCC1. The molecule has 0 spiro atoms. The standard InChI is InChI=1S/C14H25NO4/c1-13(2,3)19-11(16)10(9-15)8-14(12(17)18)6-4-5-7-14/h10H,4-9,15H2,1-3H3,(H,17,18). The quantitative estimate of drug-likeness (QED) is 0.746. The van der Waals surface area contributed by atoms with Crippen LogP contribution in [0.5, 0.6) is 0 Å². The lowest BCUT2D eigenvalue weighted by atomic mass is 9.77. The molecule has 110 valence electrons. The monoisotopic (exact) mass is 271 g/mol. The summed E-state index contributed by atoms with van der Waals surface area (Å²) in [6.07, 6.45) is 3.34. The van der Waals surface area contributed by atoms with Crippen LogP contribution in [0.1, 0.15) is 52.9 Å². The molecule has 1 fully saturated rings. The third-order valence-electron chi connectivity index (χ3n) is 3.68. The highest BCUT2D eigenvalue weighted by molar-refractivity contribution is 5.78. The van der Waals surface area contributed by atoms with E-state index in [-0.39, 0.29) is 18.9 Å². The second-order valence-corrected chi connectivity index (χ2v) is 6.46. The number of ether oxygens (including phenoxy) is 1. The van der Waals surface area contributed by atoms with Crippen LogP contribution in [-0.2, 0) is 14.3 Å². The number of carboxylic acid groups (broad SMARTS) is 1. The van der Waals surface area contributed by atoms with Gasteiger partial charge in [-0.2, -0.15) is 0 Å². The number of hydrogen-bond acceptors (Lipinski definition) is 4. The Morgan fingerprint density at radius 2 is 1.84 bits per heavy atom. The van der Waals surface area contributed by atoms with Crippen LogP contribution in [0.2, 0.25) is 0 Å². The molecule has 0 aliphatic heterocycles. The van der Waals surface area contributed by atoms with Gasteiger partial charge in [-0.15, -0.1) is 0 Å². The van der Waals surface area contributed by atoms with E-state index in [0.717, 1.165) is 12.8 Å². The lowest BCUT2D eigenvalue weighted by Gasteiger charge is -2.29. The molecule has 0 amide bonds. The van der Waals surface area contributed by atoms with E-state index in [2.05, 4.69) is 0 Å². The van der Waals surface area contributed by atoms with Crippen molar-refractivity contribution in [2.45, 2.75) is 58.5 Å². The topological polar surface area (TPSA) is 89.6 Å². The molecule has 0 aromatic heterocycles. The minimum absolute atomic E-state index is 0.129. The number of carbonyl (C=O) groups excluding carboxylic acids is 1. The minimum Gasteiger partial charge on any atom is -0.481 e. The van der Waals surface area contributed by atoms with Gasteiger partial charge >= 0.3 is 11.9 Å². The zero-order valence-corrected chi connectivity index (χ0v) is 12.1. The molecule has 0 radical (unpaired) electrons. The van der Waals surface area contributed by atoms with Crippen molar-refractivity contribution in [1.29, 1.82) is 0 Å². The average molecular weight is 271 g/mol. The predicted molar refractivity (Wildman–Crippen MR) is 71.5 cm³/mol. The van der Waals surface area contributed by atoms with Gasteiger partial charge in [-0.1, -0.05) is 12.8 Å². The van der Waals surface area contributed by atoms with Crippen molar-refractivity contribution in [2.24, 2.45) is 17.1 Å². The van der Waals surface area contributed by atoms with Crippen LogP contribution in [0, 0.1) is 11.3 Å². The van der Waals surface area contributed by atoms with Gasteiger partial charge in [-0.05, 0) is 40.0 Å². The summed E-state index contributed by atoms with van der Waals surface area (Å²) >= 11 is 0. The molecule has 0 saturated heterocycles. The van der Waals surface area contributed by atoms with Gasteiger partial charge < -0.3 is 15.6 Å². The van der Waals surface area contributed by atoms with Crippen molar-refractivity contribution in [3.05, 3.63) is 0 Å². The average Bonchev–Trinajstić information content (AvgIpc) is 2.73. The number of hydrogen-bond donors (Lipinski definition) is 2. The Labute approximate surface area is 114 Å². The Bertz CT molecular complexity index is 340. The van der Waals surface area contributed by atoms with Gasteiger partial charge in [0, 0.05) is 6.54 Å². The van der Waals surface area contributed by atoms with Gasteiger partial charge in [0.05, 0.1) is 11.3 Å². The van der Waals surface area contributed by atoms with Crippen LogP contribution in [0.15, 0.2) is 0 Å². The van der Waals surface area contributed by atoms with E-state index in [9.17, 15) is 14.7 Å². The molecule has 1 unspecified atom stereocenters. The molecule has 5 nitrogen and oxygen atoms in total. The number of carbonyl (C=O) groups is 2. The number of carboxylic acids is 1. The van der Waals surface area contributed by atoms with Crippen LogP contribution >= 0.6 is 0 Å². The summed E-state index contributed by atoms with van der Waals surface area (Å²) in [5.74, 6) is -1.73.